The number of para-hydroxylation sites is 1. The molecule has 1 atom stereocenters. The van der Waals surface area contributed by atoms with E-state index in [2.05, 4.69) is 27.9 Å². The summed E-state index contributed by atoms with van der Waals surface area (Å²) in [7, 11) is 0. The second kappa shape index (κ2) is 6.07. The molecule has 0 saturated carbocycles. The molecule has 118 valence electrons. The molecule has 0 aliphatic carbocycles. The fourth-order valence-electron chi connectivity index (χ4n) is 2.73. The van der Waals surface area contributed by atoms with Crippen LogP contribution in [0.1, 0.15) is 18.2 Å². The van der Waals surface area contributed by atoms with Gasteiger partial charge in [0.1, 0.15) is 0 Å². The minimum atomic E-state index is 0.0789. The van der Waals surface area contributed by atoms with Crippen LogP contribution in [0.15, 0.2) is 81.6 Å². The van der Waals surface area contributed by atoms with Gasteiger partial charge in [0.15, 0.2) is 5.69 Å². The highest BCUT2D eigenvalue weighted by molar-refractivity contribution is 7.13. The van der Waals surface area contributed by atoms with E-state index in [4.69, 9.17) is 4.98 Å². The second-order valence-electron chi connectivity index (χ2n) is 5.41. The zero-order chi connectivity index (χ0) is 16.4. The number of thiazole rings is 1. The van der Waals surface area contributed by atoms with Gasteiger partial charge < -0.3 is 0 Å². The Bertz CT molecular complexity index is 901. The molecule has 6 heteroatoms. The summed E-state index contributed by atoms with van der Waals surface area (Å²) in [5, 5.41) is 15.8. The average molecular weight is 334 g/mol. The highest BCUT2D eigenvalue weighted by Gasteiger charge is 2.48. The normalized spacial score (nSPS) is 19.5. The van der Waals surface area contributed by atoms with Gasteiger partial charge in [-0.15, -0.1) is 0 Å². The molecule has 5 nitrogen and oxygen atoms in total. The predicted octanol–water partition coefficient (Wildman–Crippen LogP) is 5.09. The molecule has 0 bridgehead atoms. The molecule has 1 aliphatic rings. The smallest absolute Gasteiger partial charge is 0.188 e. The first-order chi connectivity index (χ1) is 11.8. The fourth-order valence-corrected chi connectivity index (χ4v) is 3.74. The van der Waals surface area contributed by atoms with E-state index >= 15 is 0 Å². The summed E-state index contributed by atoms with van der Waals surface area (Å²) >= 11 is 1.59. The largest absolute Gasteiger partial charge is 0.326 e. The minimum Gasteiger partial charge on any atom is -0.188 e. The molecule has 0 radical (unpaired) electrons. The van der Waals surface area contributed by atoms with Gasteiger partial charge in [-0.3, -0.25) is 0 Å². The van der Waals surface area contributed by atoms with Crippen LogP contribution in [0.2, 0.25) is 0 Å². The monoisotopic (exact) mass is 334 g/mol. The average Bonchev–Trinajstić information content (AvgIpc) is 3.31. The van der Waals surface area contributed by atoms with Gasteiger partial charge in [-0.25, -0.2) is 0 Å². The van der Waals surface area contributed by atoms with Crippen molar-refractivity contribution in [2.24, 2.45) is 15.5 Å². The van der Waals surface area contributed by atoms with Gasteiger partial charge in [0.05, 0.1) is 16.5 Å². The number of hydrogen-bond acceptors (Lipinski definition) is 5. The Morgan fingerprint density at radius 3 is 2.33 bits per heavy atom. The highest BCUT2D eigenvalue weighted by atomic mass is 32.1. The number of aromatic nitrogens is 1. The zero-order valence-corrected chi connectivity index (χ0v) is 14.0. The Kier molecular flexibility index (Phi) is 3.76. The van der Waals surface area contributed by atoms with E-state index in [-0.39, 0.29) is 4.59 Å². The Balaban J connectivity index is 1.95. The van der Waals surface area contributed by atoms with Gasteiger partial charge in [-0.05, 0) is 23.1 Å². The van der Waals surface area contributed by atoms with Crippen LogP contribution in [0.3, 0.4) is 0 Å². The molecule has 0 fully saturated rings. The summed E-state index contributed by atoms with van der Waals surface area (Å²) in [6, 6.07) is 20.1. The van der Waals surface area contributed by atoms with E-state index in [1.165, 1.54) is 0 Å². The fraction of sp³-hybridized carbons (Fsp3) is 0.111. The van der Waals surface area contributed by atoms with E-state index < -0.39 is 0 Å². The molecule has 1 aliphatic heterocycles. The van der Waals surface area contributed by atoms with Crippen LogP contribution in [0.5, 0.6) is 0 Å². The van der Waals surface area contributed by atoms with E-state index in [1.54, 1.807) is 11.3 Å². The lowest BCUT2D eigenvalue weighted by atomic mass is 10.1. The minimum absolute atomic E-state index is 0.0789. The van der Waals surface area contributed by atoms with Crippen molar-refractivity contribution in [3.63, 3.8) is 0 Å². The molecule has 0 amide bonds. The number of aryl methyl sites for hydroxylation is 1. The first-order valence-electron chi connectivity index (χ1n) is 7.80. The van der Waals surface area contributed by atoms with E-state index in [0.29, 0.717) is 0 Å². The lowest BCUT2D eigenvalue weighted by Crippen LogP contribution is -2.43. The van der Waals surface area contributed by atoms with Gasteiger partial charge >= 0.3 is 5.13 Å². The molecule has 24 heavy (non-hydrogen) atoms. The van der Waals surface area contributed by atoms with Crippen molar-refractivity contribution < 1.29 is 0 Å². The predicted molar refractivity (Wildman–Crippen MR) is 97.2 cm³/mol. The Morgan fingerprint density at radius 1 is 0.958 bits per heavy atom. The summed E-state index contributed by atoms with van der Waals surface area (Å²) in [6.07, 6.45) is 0.889. The van der Waals surface area contributed by atoms with Crippen LogP contribution in [0.25, 0.3) is 0 Å². The molecular weight excluding hydrogens is 318 g/mol. The van der Waals surface area contributed by atoms with E-state index in [1.807, 2.05) is 60.7 Å². The molecule has 0 spiro atoms. The van der Waals surface area contributed by atoms with Crippen molar-refractivity contribution in [1.82, 2.24) is 9.58 Å². The van der Waals surface area contributed by atoms with Gasteiger partial charge in [0, 0.05) is 22.7 Å². The maximum Gasteiger partial charge on any atom is 0.326 e. The maximum atomic E-state index is 4.79. The molecular formula is C18H16N5S+. The van der Waals surface area contributed by atoms with Crippen molar-refractivity contribution in [2.45, 2.75) is 13.3 Å². The first-order valence-corrected chi connectivity index (χ1v) is 8.68. The van der Waals surface area contributed by atoms with Crippen LogP contribution in [0, 0.1) is 0 Å². The highest BCUT2D eigenvalue weighted by Crippen LogP contribution is 2.42. The zero-order valence-electron chi connectivity index (χ0n) is 13.2. The van der Waals surface area contributed by atoms with E-state index in [0.717, 1.165) is 34.3 Å². The molecule has 4 rings (SSSR count). The van der Waals surface area contributed by atoms with Gasteiger partial charge in [-0.2, -0.15) is 4.98 Å². The van der Waals surface area contributed by atoms with Crippen LogP contribution in [-0.4, -0.2) is 10.8 Å². The van der Waals surface area contributed by atoms with Crippen molar-refractivity contribution in [1.29, 1.82) is 0 Å². The molecule has 2 heterocycles. The number of hydrogen-bond donors (Lipinski definition) is 0. The SMILES string of the molecule is CCc1csc([N+]2(c3ccccc3)N=NN=C2c2ccccc2)n1. The van der Waals surface area contributed by atoms with Gasteiger partial charge in [-0.1, -0.05) is 59.8 Å². The van der Waals surface area contributed by atoms with E-state index in [9.17, 15) is 0 Å². The van der Waals surface area contributed by atoms with Gasteiger partial charge in [0.2, 0.25) is 0 Å². The summed E-state index contributed by atoms with van der Waals surface area (Å²) in [4.78, 5) is 4.79. The lowest BCUT2D eigenvalue weighted by molar-refractivity contribution is 0.570. The maximum absolute atomic E-state index is 4.79. The number of nitrogens with zero attached hydrogens (tertiary/aromatic N) is 5. The van der Waals surface area contributed by atoms with Gasteiger partial charge in [0.25, 0.3) is 5.84 Å². The molecule has 1 aromatic heterocycles. The molecule has 1 unspecified atom stereocenters. The third-order valence-electron chi connectivity index (χ3n) is 3.96. The van der Waals surface area contributed by atoms with Crippen LogP contribution >= 0.6 is 11.3 Å². The Labute approximate surface area is 144 Å². The van der Waals surface area contributed by atoms with Crippen LogP contribution < -0.4 is 4.59 Å². The molecule has 0 saturated heterocycles. The topological polar surface area (TPSA) is 50.0 Å². The Morgan fingerprint density at radius 2 is 1.67 bits per heavy atom. The lowest BCUT2D eigenvalue weighted by Gasteiger charge is -2.23. The molecule has 2 aromatic carbocycles. The van der Waals surface area contributed by atoms with Crippen molar-refractivity contribution in [2.75, 3.05) is 0 Å². The van der Waals surface area contributed by atoms with Crippen molar-refractivity contribution >= 4 is 28.0 Å². The van der Waals surface area contributed by atoms with Crippen LogP contribution in [0.4, 0.5) is 10.8 Å². The summed E-state index contributed by atoms with van der Waals surface area (Å²) in [6.45, 7) is 2.10. The standard InChI is InChI=1S/C18H16N5S/c1-2-15-13-24-18(19-15)23(16-11-7-4-8-12-16)17(20-21-22-23)14-9-5-3-6-10-14/h3-13H,2H2,1H3/q+1. The molecule has 3 aromatic rings. The number of rotatable bonds is 4. The number of benzene rings is 2. The number of quaternary nitrogens is 1. The summed E-state index contributed by atoms with van der Waals surface area (Å²) in [5.74, 6) is 0.763. The van der Waals surface area contributed by atoms with Crippen LogP contribution in [-0.2, 0) is 6.42 Å². The summed E-state index contributed by atoms with van der Waals surface area (Å²) < 4.78 is 0.0789. The Hall–Kier alpha value is -2.70. The number of amidine groups is 1. The molecule has 0 N–H and O–H groups in total. The second-order valence-corrected chi connectivity index (χ2v) is 6.25. The first kappa shape index (κ1) is 14.9. The van der Waals surface area contributed by atoms with Crippen molar-refractivity contribution in [3.05, 3.63) is 77.3 Å². The van der Waals surface area contributed by atoms with Crippen molar-refractivity contribution in [3.8, 4) is 0 Å². The quantitative estimate of drug-likeness (QED) is 0.613. The third-order valence-corrected chi connectivity index (χ3v) is 4.92. The third kappa shape index (κ3) is 2.28. The summed E-state index contributed by atoms with van der Waals surface area (Å²) in [5.41, 5.74) is 3.01.